The van der Waals surface area contributed by atoms with Crippen LogP contribution in [0.2, 0.25) is 5.02 Å². The van der Waals surface area contributed by atoms with Crippen LogP contribution in [0, 0.1) is 6.92 Å². The Hall–Kier alpha value is -1.64. The maximum Gasteiger partial charge on any atom is 0.238 e. The second-order valence-corrected chi connectivity index (χ2v) is 8.12. The van der Waals surface area contributed by atoms with E-state index in [0.717, 1.165) is 24.1 Å². The van der Waals surface area contributed by atoms with Crippen LogP contribution in [0.1, 0.15) is 11.1 Å². The van der Waals surface area contributed by atoms with Gasteiger partial charge in [-0.1, -0.05) is 23.7 Å². The summed E-state index contributed by atoms with van der Waals surface area (Å²) in [4.78, 5) is 0.107. The summed E-state index contributed by atoms with van der Waals surface area (Å²) >= 11 is 5.90. The summed E-state index contributed by atoms with van der Waals surface area (Å²) in [6.45, 7) is 3.40. The van der Waals surface area contributed by atoms with E-state index >= 15 is 0 Å². The smallest absolute Gasteiger partial charge is 0.238 e. The largest absolute Gasteiger partial charge is 0.490 e. The van der Waals surface area contributed by atoms with Crippen molar-refractivity contribution in [1.82, 2.24) is 0 Å². The van der Waals surface area contributed by atoms with Crippen LogP contribution in [0.3, 0.4) is 0 Å². The predicted octanol–water partition coefficient (Wildman–Crippen LogP) is 0.842. The molecule has 0 aliphatic heterocycles. The molecule has 0 saturated carbocycles. The molecule has 2 rings (SSSR count). The number of halogens is 1. The summed E-state index contributed by atoms with van der Waals surface area (Å²) in [5, 5.41) is 17.7. The molecule has 6 nitrogen and oxygen atoms in total. The SMILES string of the molecule is Cc1cc(Cl)ccc1OC[C@H](O)C[NH2+]CCc1ccc(S(N)(=O)=O)cc1. The van der Waals surface area contributed by atoms with E-state index in [0.29, 0.717) is 17.3 Å². The summed E-state index contributed by atoms with van der Waals surface area (Å²) in [6, 6.07) is 11.9. The molecule has 1 atom stereocenters. The second kappa shape index (κ2) is 9.34. The molecular weight excluding hydrogens is 376 g/mol. The van der Waals surface area contributed by atoms with Gasteiger partial charge in [0, 0.05) is 11.4 Å². The van der Waals surface area contributed by atoms with Crippen LogP contribution in [0.5, 0.6) is 5.75 Å². The molecule has 0 radical (unpaired) electrons. The van der Waals surface area contributed by atoms with E-state index in [1.807, 2.05) is 18.3 Å². The van der Waals surface area contributed by atoms with Gasteiger partial charge in [0.15, 0.2) is 0 Å². The Balaban J connectivity index is 1.69. The highest BCUT2D eigenvalue weighted by Gasteiger charge is 2.10. The number of primary sulfonamides is 1. The molecule has 26 heavy (non-hydrogen) atoms. The summed E-state index contributed by atoms with van der Waals surface area (Å²) in [7, 11) is -3.65. The summed E-state index contributed by atoms with van der Waals surface area (Å²) in [6.07, 6.45) is 0.171. The quantitative estimate of drug-likeness (QED) is 0.543. The number of sulfonamides is 1. The zero-order valence-corrected chi connectivity index (χ0v) is 16.1. The zero-order chi connectivity index (χ0) is 19.2. The number of aryl methyl sites for hydroxylation is 1. The first-order chi connectivity index (χ1) is 12.3. The van der Waals surface area contributed by atoms with E-state index in [9.17, 15) is 13.5 Å². The number of ether oxygens (including phenoxy) is 1. The highest BCUT2D eigenvalue weighted by atomic mass is 35.5. The van der Waals surface area contributed by atoms with Gasteiger partial charge < -0.3 is 15.2 Å². The van der Waals surface area contributed by atoms with E-state index in [4.69, 9.17) is 21.5 Å². The summed E-state index contributed by atoms with van der Waals surface area (Å²) in [5.41, 5.74) is 1.94. The average Bonchev–Trinajstić information content (AvgIpc) is 2.57. The second-order valence-electron chi connectivity index (χ2n) is 6.13. The third kappa shape index (κ3) is 6.59. The number of rotatable bonds is 9. The van der Waals surface area contributed by atoms with Crippen molar-refractivity contribution in [3.8, 4) is 5.75 Å². The van der Waals surface area contributed by atoms with Gasteiger partial charge >= 0.3 is 0 Å². The van der Waals surface area contributed by atoms with Gasteiger partial charge in [-0.25, -0.2) is 13.6 Å². The Morgan fingerprint density at radius 3 is 2.54 bits per heavy atom. The van der Waals surface area contributed by atoms with Crippen molar-refractivity contribution in [3.05, 3.63) is 58.6 Å². The first-order valence-corrected chi connectivity index (χ1v) is 10.2. The molecule has 0 aliphatic rings. The Morgan fingerprint density at radius 2 is 1.92 bits per heavy atom. The molecule has 0 fully saturated rings. The zero-order valence-electron chi connectivity index (χ0n) is 14.6. The van der Waals surface area contributed by atoms with Crippen LogP contribution in [0.25, 0.3) is 0 Å². The van der Waals surface area contributed by atoms with Crippen molar-refractivity contribution in [2.45, 2.75) is 24.3 Å². The summed E-state index contributed by atoms with van der Waals surface area (Å²) in [5.74, 6) is 0.711. The Kier molecular flexibility index (Phi) is 7.43. The molecule has 0 saturated heterocycles. The van der Waals surface area contributed by atoms with Crippen molar-refractivity contribution in [2.75, 3.05) is 19.7 Å². The lowest BCUT2D eigenvalue weighted by Crippen LogP contribution is -2.87. The van der Waals surface area contributed by atoms with Crippen LogP contribution in [0.4, 0.5) is 0 Å². The van der Waals surface area contributed by atoms with Gasteiger partial charge in [0.25, 0.3) is 0 Å². The Morgan fingerprint density at radius 1 is 1.23 bits per heavy atom. The third-order valence-electron chi connectivity index (χ3n) is 3.90. The van der Waals surface area contributed by atoms with Crippen LogP contribution in [-0.4, -0.2) is 39.3 Å². The number of hydrogen-bond acceptors (Lipinski definition) is 4. The van der Waals surface area contributed by atoms with Gasteiger partial charge in [0.2, 0.25) is 10.0 Å². The van der Waals surface area contributed by atoms with E-state index in [1.54, 1.807) is 24.3 Å². The minimum absolute atomic E-state index is 0.107. The molecule has 0 aromatic heterocycles. The third-order valence-corrected chi connectivity index (χ3v) is 5.06. The summed E-state index contributed by atoms with van der Waals surface area (Å²) < 4.78 is 28.0. The highest BCUT2D eigenvalue weighted by Crippen LogP contribution is 2.21. The highest BCUT2D eigenvalue weighted by molar-refractivity contribution is 7.89. The lowest BCUT2D eigenvalue weighted by atomic mass is 10.1. The number of aliphatic hydroxyl groups excluding tert-OH is 1. The van der Waals surface area contributed by atoms with Crippen LogP contribution < -0.4 is 15.2 Å². The minimum atomic E-state index is -3.65. The monoisotopic (exact) mass is 399 g/mol. The normalized spacial score (nSPS) is 12.8. The molecule has 0 spiro atoms. The molecule has 0 aliphatic carbocycles. The van der Waals surface area contributed by atoms with E-state index in [1.165, 1.54) is 12.1 Å². The van der Waals surface area contributed by atoms with Crippen molar-refractivity contribution in [1.29, 1.82) is 0 Å². The predicted molar refractivity (Wildman–Crippen MR) is 101 cm³/mol. The van der Waals surface area contributed by atoms with Crippen molar-refractivity contribution < 1.29 is 23.6 Å². The topological polar surface area (TPSA) is 106 Å². The van der Waals surface area contributed by atoms with Gasteiger partial charge in [-0.05, 0) is 48.4 Å². The molecule has 0 amide bonds. The molecule has 0 bridgehead atoms. The lowest BCUT2D eigenvalue weighted by Gasteiger charge is -2.13. The molecule has 0 heterocycles. The lowest BCUT2D eigenvalue weighted by molar-refractivity contribution is -0.660. The number of nitrogens with two attached hydrogens (primary N) is 2. The number of benzene rings is 2. The average molecular weight is 400 g/mol. The Labute approximate surface area is 159 Å². The molecule has 2 aromatic carbocycles. The van der Waals surface area contributed by atoms with Crippen molar-refractivity contribution in [3.63, 3.8) is 0 Å². The van der Waals surface area contributed by atoms with Gasteiger partial charge in [0.1, 0.15) is 25.0 Å². The Bertz CT molecular complexity index is 826. The van der Waals surface area contributed by atoms with E-state index < -0.39 is 16.1 Å². The number of hydrogen-bond donors (Lipinski definition) is 3. The van der Waals surface area contributed by atoms with Gasteiger partial charge in [-0.3, -0.25) is 0 Å². The number of aliphatic hydroxyl groups is 1. The maximum atomic E-state index is 11.2. The number of quaternary nitrogens is 1. The first kappa shape index (κ1) is 20.7. The van der Waals surface area contributed by atoms with Crippen LogP contribution >= 0.6 is 11.6 Å². The molecule has 142 valence electrons. The van der Waals surface area contributed by atoms with Gasteiger partial charge in [-0.2, -0.15) is 0 Å². The van der Waals surface area contributed by atoms with Crippen LogP contribution in [0.15, 0.2) is 47.4 Å². The maximum absolute atomic E-state index is 11.2. The first-order valence-electron chi connectivity index (χ1n) is 8.26. The van der Waals surface area contributed by atoms with Crippen molar-refractivity contribution in [2.24, 2.45) is 5.14 Å². The fourth-order valence-electron chi connectivity index (χ4n) is 2.45. The standard InChI is InChI=1S/C18H23ClN2O4S/c1-13-10-15(19)4-7-18(13)25-12-16(22)11-21-9-8-14-2-5-17(6-3-14)26(20,23)24/h2-7,10,16,21-22H,8-9,11-12H2,1H3,(H2,20,23,24)/p+1/t16-/m1/s1. The molecular formula is C18H24ClN2O4S+. The fourth-order valence-corrected chi connectivity index (χ4v) is 3.20. The van der Waals surface area contributed by atoms with E-state index in [2.05, 4.69) is 0 Å². The van der Waals surface area contributed by atoms with Crippen LogP contribution in [-0.2, 0) is 16.4 Å². The fraction of sp³-hybridized carbons (Fsp3) is 0.333. The van der Waals surface area contributed by atoms with Gasteiger partial charge in [0.05, 0.1) is 11.4 Å². The minimum Gasteiger partial charge on any atom is -0.490 e. The molecule has 0 unspecified atom stereocenters. The van der Waals surface area contributed by atoms with Gasteiger partial charge in [-0.15, -0.1) is 0 Å². The molecule has 8 heteroatoms. The molecule has 5 N–H and O–H groups in total. The molecule has 2 aromatic rings. The van der Waals surface area contributed by atoms with Crippen molar-refractivity contribution >= 4 is 21.6 Å². The van der Waals surface area contributed by atoms with E-state index in [-0.39, 0.29) is 11.5 Å².